The van der Waals surface area contributed by atoms with Gasteiger partial charge >= 0.3 is 0 Å². The molecule has 0 bridgehead atoms. The Balaban J connectivity index is 1.54. The second kappa shape index (κ2) is 6.87. The van der Waals surface area contributed by atoms with Crippen molar-refractivity contribution in [3.8, 4) is 22.8 Å². The van der Waals surface area contributed by atoms with E-state index in [-0.39, 0.29) is 0 Å². The highest BCUT2D eigenvalue weighted by Crippen LogP contribution is 2.31. The van der Waals surface area contributed by atoms with E-state index in [1.165, 1.54) is 0 Å². The third-order valence-corrected chi connectivity index (χ3v) is 4.54. The SMILES string of the molecule is Clc1cccc(-c2ccc(/C=N/c3c(-c4ccco4)nc4ccccn34)o2)c1. The molecule has 5 aromatic rings. The number of halogens is 1. The van der Waals surface area contributed by atoms with Crippen molar-refractivity contribution >= 4 is 29.3 Å². The van der Waals surface area contributed by atoms with Crippen molar-refractivity contribution in [1.29, 1.82) is 0 Å². The van der Waals surface area contributed by atoms with Gasteiger partial charge in [0.1, 0.15) is 17.2 Å². The van der Waals surface area contributed by atoms with E-state index in [0.717, 1.165) is 17.0 Å². The Morgan fingerprint density at radius 2 is 1.93 bits per heavy atom. The maximum Gasteiger partial charge on any atom is 0.168 e. The third-order valence-electron chi connectivity index (χ3n) is 4.31. The summed E-state index contributed by atoms with van der Waals surface area (Å²) < 4.78 is 13.3. The minimum atomic E-state index is 0.631. The Hall–Kier alpha value is -3.57. The van der Waals surface area contributed by atoms with E-state index < -0.39 is 0 Å². The van der Waals surface area contributed by atoms with Gasteiger partial charge < -0.3 is 8.83 Å². The molecule has 0 N–H and O–H groups in total. The van der Waals surface area contributed by atoms with Crippen LogP contribution in [0.2, 0.25) is 5.02 Å². The van der Waals surface area contributed by atoms with Crippen LogP contribution >= 0.6 is 11.6 Å². The number of rotatable bonds is 4. The van der Waals surface area contributed by atoms with Crippen LogP contribution in [0.3, 0.4) is 0 Å². The van der Waals surface area contributed by atoms with Crippen molar-refractivity contribution in [2.75, 3.05) is 0 Å². The first kappa shape index (κ1) is 16.6. The predicted molar refractivity (Wildman–Crippen MR) is 109 cm³/mol. The number of nitrogens with zero attached hydrogens (tertiary/aromatic N) is 3. The van der Waals surface area contributed by atoms with E-state index in [0.29, 0.717) is 28.1 Å². The lowest BCUT2D eigenvalue weighted by Crippen LogP contribution is -1.83. The number of furan rings is 2. The Bertz CT molecular complexity index is 1280. The van der Waals surface area contributed by atoms with Crippen LogP contribution in [0.4, 0.5) is 5.82 Å². The molecule has 0 aliphatic rings. The van der Waals surface area contributed by atoms with Crippen LogP contribution in [-0.2, 0) is 0 Å². The molecule has 136 valence electrons. The van der Waals surface area contributed by atoms with Crippen LogP contribution in [0.25, 0.3) is 28.4 Å². The summed E-state index contributed by atoms with van der Waals surface area (Å²) in [5.74, 6) is 2.70. The molecule has 0 amide bonds. The Kier molecular flexibility index (Phi) is 4.07. The highest BCUT2D eigenvalue weighted by atomic mass is 35.5. The lowest BCUT2D eigenvalue weighted by atomic mass is 10.2. The molecule has 0 fully saturated rings. The van der Waals surface area contributed by atoms with Crippen LogP contribution in [-0.4, -0.2) is 15.6 Å². The maximum atomic E-state index is 6.07. The van der Waals surface area contributed by atoms with Gasteiger partial charge in [0.25, 0.3) is 0 Å². The van der Waals surface area contributed by atoms with Crippen LogP contribution < -0.4 is 0 Å². The monoisotopic (exact) mass is 387 g/mol. The van der Waals surface area contributed by atoms with Crippen molar-refractivity contribution in [2.45, 2.75) is 0 Å². The molecule has 0 aliphatic heterocycles. The summed E-state index contributed by atoms with van der Waals surface area (Å²) in [6.07, 6.45) is 5.22. The number of aromatic nitrogens is 2. The average molecular weight is 388 g/mol. The summed E-state index contributed by atoms with van der Waals surface area (Å²) in [5, 5.41) is 0.665. The van der Waals surface area contributed by atoms with E-state index in [9.17, 15) is 0 Å². The predicted octanol–water partition coefficient (Wildman–Crippen LogP) is 6.26. The number of hydrogen-bond donors (Lipinski definition) is 0. The molecule has 5 rings (SSSR count). The van der Waals surface area contributed by atoms with Crippen molar-refractivity contribution in [3.63, 3.8) is 0 Å². The molecule has 4 aromatic heterocycles. The molecule has 0 saturated carbocycles. The van der Waals surface area contributed by atoms with E-state index in [1.54, 1.807) is 12.5 Å². The number of pyridine rings is 1. The summed E-state index contributed by atoms with van der Waals surface area (Å²) in [7, 11) is 0. The lowest BCUT2D eigenvalue weighted by molar-refractivity contribution is 0.575. The first-order valence-corrected chi connectivity index (χ1v) is 9.06. The van der Waals surface area contributed by atoms with Gasteiger partial charge in [-0.15, -0.1) is 0 Å². The average Bonchev–Trinajstić information content (AvgIpc) is 3.45. The number of hydrogen-bond acceptors (Lipinski definition) is 4. The van der Waals surface area contributed by atoms with Crippen molar-refractivity contribution < 1.29 is 8.83 Å². The molecule has 1 aromatic carbocycles. The minimum Gasteiger partial charge on any atom is -0.463 e. The number of benzene rings is 1. The fraction of sp³-hybridized carbons (Fsp3) is 0. The molecule has 6 heteroatoms. The van der Waals surface area contributed by atoms with Crippen LogP contribution in [0.15, 0.2) is 93.0 Å². The smallest absolute Gasteiger partial charge is 0.168 e. The van der Waals surface area contributed by atoms with Gasteiger partial charge in [-0.1, -0.05) is 29.8 Å². The fourth-order valence-corrected chi connectivity index (χ4v) is 3.22. The number of aliphatic imine (C=N–C) groups is 1. The normalized spacial score (nSPS) is 11.6. The molecule has 28 heavy (non-hydrogen) atoms. The van der Waals surface area contributed by atoms with Gasteiger partial charge in [-0.25, -0.2) is 9.98 Å². The highest BCUT2D eigenvalue weighted by molar-refractivity contribution is 6.30. The maximum absolute atomic E-state index is 6.07. The van der Waals surface area contributed by atoms with Gasteiger partial charge in [-0.05, 0) is 48.5 Å². The van der Waals surface area contributed by atoms with Gasteiger partial charge in [0.15, 0.2) is 17.3 Å². The quantitative estimate of drug-likeness (QED) is 0.342. The zero-order valence-electron chi connectivity index (χ0n) is 14.6. The first-order valence-electron chi connectivity index (χ1n) is 8.69. The molecule has 0 aliphatic carbocycles. The Morgan fingerprint density at radius 1 is 0.964 bits per heavy atom. The zero-order valence-corrected chi connectivity index (χ0v) is 15.4. The Morgan fingerprint density at radius 3 is 2.79 bits per heavy atom. The van der Waals surface area contributed by atoms with Crippen molar-refractivity contribution in [3.05, 3.63) is 90.0 Å². The number of imidazole rings is 1. The van der Waals surface area contributed by atoms with Gasteiger partial charge in [0.2, 0.25) is 0 Å². The standard InChI is InChI=1S/C22H14ClN3O2/c23-16-6-3-5-15(13-16)18-10-9-17(28-18)14-24-22-21(19-7-4-12-27-19)25-20-8-1-2-11-26(20)22/h1-14H/b24-14+. The summed E-state index contributed by atoms with van der Waals surface area (Å²) in [4.78, 5) is 9.28. The summed E-state index contributed by atoms with van der Waals surface area (Å²) >= 11 is 6.07. The summed E-state index contributed by atoms with van der Waals surface area (Å²) in [5.41, 5.74) is 2.38. The summed E-state index contributed by atoms with van der Waals surface area (Å²) in [6.45, 7) is 0. The van der Waals surface area contributed by atoms with E-state index in [4.69, 9.17) is 20.4 Å². The topological polar surface area (TPSA) is 55.9 Å². The van der Waals surface area contributed by atoms with Gasteiger partial charge in [-0.3, -0.25) is 4.40 Å². The molecule has 0 unspecified atom stereocenters. The van der Waals surface area contributed by atoms with Gasteiger partial charge in [-0.2, -0.15) is 0 Å². The van der Waals surface area contributed by atoms with E-state index in [1.807, 2.05) is 77.3 Å². The van der Waals surface area contributed by atoms with Crippen LogP contribution in [0.1, 0.15) is 5.76 Å². The molecule has 0 atom stereocenters. The molecular weight excluding hydrogens is 374 g/mol. The highest BCUT2D eigenvalue weighted by Gasteiger charge is 2.15. The first-order chi connectivity index (χ1) is 13.8. The summed E-state index contributed by atoms with van der Waals surface area (Å²) in [6, 6.07) is 20.8. The second-order valence-corrected chi connectivity index (χ2v) is 6.60. The van der Waals surface area contributed by atoms with Crippen LogP contribution in [0, 0.1) is 0 Å². The largest absolute Gasteiger partial charge is 0.463 e. The zero-order chi connectivity index (χ0) is 18.9. The Labute approximate surface area is 165 Å². The molecule has 5 nitrogen and oxygen atoms in total. The number of fused-ring (bicyclic) bond motifs is 1. The molecule has 0 radical (unpaired) electrons. The van der Waals surface area contributed by atoms with Crippen molar-refractivity contribution in [2.24, 2.45) is 4.99 Å². The molecule has 4 heterocycles. The van der Waals surface area contributed by atoms with Crippen LogP contribution in [0.5, 0.6) is 0 Å². The molecule has 0 spiro atoms. The van der Waals surface area contributed by atoms with Gasteiger partial charge in [0.05, 0.1) is 12.5 Å². The van der Waals surface area contributed by atoms with Gasteiger partial charge in [0, 0.05) is 16.8 Å². The third kappa shape index (κ3) is 3.02. The van der Waals surface area contributed by atoms with E-state index >= 15 is 0 Å². The minimum absolute atomic E-state index is 0.631. The lowest BCUT2D eigenvalue weighted by Gasteiger charge is -1.98. The van der Waals surface area contributed by atoms with Crippen molar-refractivity contribution in [1.82, 2.24) is 9.38 Å². The van der Waals surface area contributed by atoms with E-state index in [2.05, 4.69) is 9.98 Å². The fourth-order valence-electron chi connectivity index (χ4n) is 3.03. The second-order valence-electron chi connectivity index (χ2n) is 6.16. The molecule has 0 saturated heterocycles. The molecular formula is C22H14ClN3O2.